The first-order chi connectivity index (χ1) is 12.9. The van der Waals surface area contributed by atoms with Gasteiger partial charge in [-0.2, -0.15) is 9.97 Å². The summed E-state index contributed by atoms with van der Waals surface area (Å²) < 4.78 is 1.02. The van der Waals surface area contributed by atoms with E-state index in [0.717, 1.165) is 21.7 Å². The Morgan fingerprint density at radius 2 is 1.89 bits per heavy atom. The van der Waals surface area contributed by atoms with E-state index in [1.54, 1.807) is 0 Å². The molecule has 0 radical (unpaired) electrons. The lowest BCUT2D eigenvalue weighted by Crippen LogP contribution is -2.32. The number of rotatable bonds is 7. The zero-order valence-corrected chi connectivity index (χ0v) is 17.7. The monoisotopic (exact) mass is 434 g/mol. The molecule has 2 heterocycles. The molecule has 1 aliphatic heterocycles. The molecule has 1 aliphatic rings. The van der Waals surface area contributed by atoms with Crippen molar-refractivity contribution in [2.45, 2.75) is 39.8 Å². The zero-order chi connectivity index (χ0) is 19.6. The van der Waals surface area contributed by atoms with E-state index in [4.69, 9.17) is 4.98 Å². The van der Waals surface area contributed by atoms with Gasteiger partial charge in [-0.25, -0.2) is 0 Å². The summed E-state index contributed by atoms with van der Waals surface area (Å²) in [6, 6.07) is 8.15. The fourth-order valence-corrected chi connectivity index (χ4v) is 3.16. The third-order valence-electron chi connectivity index (χ3n) is 4.63. The van der Waals surface area contributed by atoms with E-state index in [-0.39, 0.29) is 18.6 Å². The quantitative estimate of drug-likeness (QED) is 0.523. The molecule has 0 bridgehead atoms. The summed E-state index contributed by atoms with van der Waals surface area (Å²) in [7, 11) is 0. The molecule has 2 aromatic rings. The number of hydrogen-bond acceptors (Lipinski definition) is 7. The minimum Gasteiger partial charge on any atom is -0.394 e. The highest BCUT2D eigenvalue weighted by Gasteiger charge is 2.28. The molecule has 1 aromatic heterocycles. The van der Waals surface area contributed by atoms with Gasteiger partial charge in [-0.1, -0.05) is 29.8 Å². The number of aliphatic hydroxyl groups excluding tert-OH is 1. The maximum absolute atomic E-state index is 9.66. The Morgan fingerprint density at radius 3 is 2.48 bits per heavy atom. The summed E-state index contributed by atoms with van der Waals surface area (Å²) in [5.41, 5.74) is 1.83. The molecule has 0 aliphatic carbocycles. The molecule has 0 saturated heterocycles. The molecular weight excluding hydrogens is 408 g/mol. The fourth-order valence-electron chi connectivity index (χ4n) is 2.90. The van der Waals surface area contributed by atoms with Gasteiger partial charge in [-0.05, 0) is 44.0 Å². The van der Waals surface area contributed by atoms with Crippen molar-refractivity contribution in [1.82, 2.24) is 9.97 Å². The van der Waals surface area contributed by atoms with Crippen LogP contribution in [0.15, 0.2) is 28.7 Å². The minimum atomic E-state index is -0.106. The Hall–Kier alpha value is -2.06. The van der Waals surface area contributed by atoms with Crippen LogP contribution < -0.4 is 20.9 Å². The van der Waals surface area contributed by atoms with Crippen molar-refractivity contribution in [1.29, 1.82) is 0 Å². The number of anilines is 5. The van der Waals surface area contributed by atoms with Crippen LogP contribution in [0.2, 0.25) is 0 Å². The zero-order valence-electron chi connectivity index (χ0n) is 16.1. The van der Waals surface area contributed by atoms with Crippen molar-refractivity contribution < 1.29 is 5.11 Å². The molecule has 0 saturated carbocycles. The van der Waals surface area contributed by atoms with Gasteiger partial charge in [0.25, 0.3) is 0 Å². The third-order valence-corrected chi connectivity index (χ3v) is 5.16. The summed E-state index contributed by atoms with van der Waals surface area (Å²) in [5, 5.41) is 19.7. The van der Waals surface area contributed by atoms with Crippen LogP contribution in [0.5, 0.6) is 0 Å². The van der Waals surface area contributed by atoms with E-state index in [9.17, 15) is 5.11 Å². The van der Waals surface area contributed by atoms with Gasteiger partial charge in [0, 0.05) is 16.2 Å². The van der Waals surface area contributed by atoms with E-state index in [1.807, 2.05) is 24.3 Å². The molecule has 0 unspecified atom stereocenters. The van der Waals surface area contributed by atoms with Gasteiger partial charge in [0.15, 0.2) is 11.6 Å². The van der Waals surface area contributed by atoms with Crippen molar-refractivity contribution in [3.05, 3.63) is 28.7 Å². The predicted octanol–water partition coefficient (Wildman–Crippen LogP) is 4.01. The minimum absolute atomic E-state index is 0.0275. The molecule has 8 heteroatoms. The summed E-state index contributed by atoms with van der Waals surface area (Å²) >= 11 is 3.46. The summed E-state index contributed by atoms with van der Waals surface area (Å²) in [6.45, 7) is 9.11. The number of hydrogen-bond donors (Lipinski definition) is 4. The van der Waals surface area contributed by atoms with Crippen molar-refractivity contribution in [2.75, 3.05) is 34.1 Å². The van der Waals surface area contributed by atoms with Gasteiger partial charge in [-0.15, -0.1) is 0 Å². The van der Waals surface area contributed by atoms with E-state index < -0.39 is 0 Å². The summed E-state index contributed by atoms with van der Waals surface area (Å²) in [4.78, 5) is 11.6. The molecule has 4 N–H and O–H groups in total. The van der Waals surface area contributed by atoms with Gasteiger partial charge in [-0.3, -0.25) is 0 Å². The average molecular weight is 435 g/mol. The highest BCUT2D eigenvalue weighted by molar-refractivity contribution is 9.10. The lowest BCUT2D eigenvalue weighted by Gasteiger charge is -2.24. The Balaban J connectivity index is 1.98. The maximum Gasteiger partial charge on any atom is 0.227 e. The maximum atomic E-state index is 9.66. The summed E-state index contributed by atoms with van der Waals surface area (Å²) in [5.74, 6) is 2.35. The number of benzene rings is 1. The Morgan fingerprint density at radius 1 is 1.19 bits per heavy atom. The van der Waals surface area contributed by atoms with E-state index >= 15 is 0 Å². The fraction of sp³-hybridized carbons (Fsp3) is 0.474. The topological polar surface area (TPSA) is 85.3 Å². The second-order valence-corrected chi connectivity index (χ2v) is 8.22. The second kappa shape index (κ2) is 8.31. The van der Waals surface area contributed by atoms with E-state index in [0.29, 0.717) is 24.5 Å². The number of halogens is 1. The lowest BCUT2D eigenvalue weighted by atomic mass is 10.1. The second-order valence-electron chi connectivity index (χ2n) is 7.30. The van der Waals surface area contributed by atoms with Gasteiger partial charge in [0.05, 0.1) is 19.3 Å². The van der Waals surface area contributed by atoms with Crippen LogP contribution in [0.1, 0.15) is 27.7 Å². The molecule has 0 fully saturated rings. The highest BCUT2D eigenvalue weighted by atomic mass is 79.9. The molecule has 0 spiro atoms. The van der Waals surface area contributed by atoms with Crippen LogP contribution in [0, 0.1) is 5.92 Å². The normalized spacial score (nSPS) is 14.3. The summed E-state index contributed by atoms with van der Waals surface area (Å²) in [6.07, 6.45) is 0. The molecular formula is C19H27BrN6O. The van der Waals surface area contributed by atoms with Crippen molar-refractivity contribution in [3.8, 4) is 0 Å². The molecule has 7 nitrogen and oxygen atoms in total. The lowest BCUT2D eigenvalue weighted by molar-refractivity contribution is 0.248. The van der Waals surface area contributed by atoms with Crippen LogP contribution in [0.3, 0.4) is 0 Å². The first-order valence-electron chi connectivity index (χ1n) is 9.21. The first-order valence-corrected chi connectivity index (χ1v) is 10.0. The van der Waals surface area contributed by atoms with Gasteiger partial charge in [0.2, 0.25) is 5.95 Å². The van der Waals surface area contributed by atoms with Gasteiger partial charge in [0.1, 0.15) is 5.69 Å². The molecule has 27 heavy (non-hydrogen) atoms. The van der Waals surface area contributed by atoms with Gasteiger partial charge >= 0.3 is 0 Å². The number of nitrogens with zero attached hydrogens (tertiary/aromatic N) is 3. The Kier molecular flexibility index (Phi) is 6.06. The number of aromatic nitrogens is 2. The van der Waals surface area contributed by atoms with Crippen LogP contribution in [0.4, 0.5) is 29.0 Å². The smallest absolute Gasteiger partial charge is 0.227 e. The predicted molar refractivity (Wildman–Crippen MR) is 115 cm³/mol. The van der Waals surface area contributed by atoms with E-state index in [1.165, 1.54) is 0 Å². The molecule has 3 rings (SSSR count). The van der Waals surface area contributed by atoms with Crippen molar-refractivity contribution in [2.24, 2.45) is 5.92 Å². The van der Waals surface area contributed by atoms with E-state index in [2.05, 4.69) is 69.5 Å². The van der Waals surface area contributed by atoms with Crippen molar-refractivity contribution >= 4 is 44.9 Å². The number of nitrogens with one attached hydrogen (secondary N) is 3. The molecule has 1 aromatic carbocycles. The number of fused-ring (bicyclic) bond motifs is 1. The highest BCUT2D eigenvalue weighted by Crippen LogP contribution is 2.38. The average Bonchev–Trinajstić information content (AvgIpc) is 3.05. The molecule has 0 amide bonds. The molecule has 1 atom stereocenters. The Labute approximate surface area is 168 Å². The van der Waals surface area contributed by atoms with Crippen LogP contribution in [-0.4, -0.2) is 40.4 Å². The van der Waals surface area contributed by atoms with Gasteiger partial charge < -0.3 is 26.0 Å². The van der Waals surface area contributed by atoms with Crippen LogP contribution in [0.25, 0.3) is 0 Å². The van der Waals surface area contributed by atoms with Crippen molar-refractivity contribution in [3.63, 3.8) is 0 Å². The SMILES string of the molecule is CC(C)[C@H](CO)Nc1nc(Nc2ccc(Br)cc2)c2c(n1)N(C(C)C)CN2. The number of aliphatic hydroxyl groups is 1. The first kappa shape index (κ1) is 19.7. The Bertz CT molecular complexity index is 781. The molecule has 146 valence electrons. The van der Waals surface area contributed by atoms with Crippen LogP contribution in [-0.2, 0) is 0 Å². The standard InChI is InChI=1S/C19H27BrN6O/c1-11(2)15(9-27)23-19-24-17(22-14-7-5-13(20)6-8-14)16-18(25-19)26(10-21-16)12(3)4/h5-8,11-12,15,21,27H,9-10H2,1-4H3,(H2,22,23,24,25)/t15-/m0/s1. The van der Waals surface area contributed by atoms with Crippen LogP contribution >= 0.6 is 15.9 Å². The largest absolute Gasteiger partial charge is 0.394 e. The third kappa shape index (κ3) is 4.44.